The molecule has 3 rings (SSSR count). The first-order valence-electron chi connectivity index (χ1n) is 10.4. The normalized spacial score (nSPS) is 20.6. The van der Waals surface area contributed by atoms with Gasteiger partial charge in [0, 0.05) is 45.8 Å². The summed E-state index contributed by atoms with van der Waals surface area (Å²) in [5, 5.41) is 3.61. The van der Waals surface area contributed by atoms with E-state index in [-0.39, 0.29) is 11.2 Å². The fraction of sp³-hybridized carbons (Fsp3) is 0.682. The molecule has 0 radical (unpaired) electrons. The highest BCUT2D eigenvalue weighted by Crippen LogP contribution is 2.40. The average Bonchev–Trinajstić information content (AvgIpc) is 3.18. The molecule has 27 heavy (non-hydrogen) atoms. The molecule has 150 valence electrons. The second-order valence-electron chi connectivity index (χ2n) is 8.16. The van der Waals surface area contributed by atoms with Crippen LogP contribution < -0.4 is 5.32 Å². The van der Waals surface area contributed by atoms with Gasteiger partial charge in [-0.05, 0) is 55.7 Å². The van der Waals surface area contributed by atoms with Crippen molar-refractivity contribution in [2.24, 2.45) is 10.9 Å². The van der Waals surface area contributed by atoms with Crippen molar-refractivity contribution in [2.45, 2.75) is 50.4 Å². The van der Waals surface area contributed by atoms with Crippen LogP contribution in [0.2, 0.25) is 0 Å². The highest BCUT2D eigenvalue weighted by Gasteiger charge is 2.35. The number of halogens is 1. The van der Waals surface area contributed by atoms with Gasteiger partial charge in [0.1, 0.15) is 5.82 Å². The van der Waals surface area contributed by atoms with E-state index in [0.717, 1.165) is 51.0 Å². The lowest BCUT2D eigenvalue weighted by molar-refractivity contribution is 0.0625. The van der Waals surface area contributed by atoms with Gasteiger partial charge in [-0.3, -0.25) is 4.99 Å². The van der Waals surface area contributed by atoms with Crippen LogP contribution in [0.25, 0.3) is 0 Å². The number of rotatable bonds is 6. The molecule has 1 saturated heterocycles. The Labute approximate surface area is 163 Å². The van der Waals surface area contributed by atoms with Gasteiger partial charge in [0.05, 0.1) is 0 Å². The molecule has 1 aromatic carbocycles. The smallest absolute Gasteiger partial charge is 0.193 e. The Bertz CT molecular complexity index is 604. The van der Waals surface area contributed by atoms with Gasteiger partial charge in [-0.25, -0.2) is 4.39 Å². The van der Waals surface area contributed by atoms with Crippen LogP contribution in [0.5, 0.6) is 0 Å². The number of hydrogen-bond donors (Lipinski definition) is 1. The minimum atomic E-state index is -0.163. The van der Waals surface area contributed by atoms with Crippen LogP contribution in [-0.4, -0.2) is 51.3 Å². The number of benzene rings is 1. The van der Waals surface area contributed by atoms with Crippen LogP contribution in [0, 0.1) is 11.7 Å². The predicted octanol–water partition coefficient (Wildman–Crippen LogP) is 3.96. The Morgan fingerprint density at radius 3 is 2.52 bits per heavy atom. The first-order valence-corrected chi connectivity index (χ1v) is 10.4. The summed E-state index contributed by atoms with van der Waals surface area (Å²) in [6, 6.07) is 7.09. The van der Waals surface area contributed by atoms with Gasteiger partial charge in [0.15, 0.2) is 5.96 Å². The van der Waals surface area contributed by atoms with Crippen LogP contribution in [0.15, 0.2) is 29.3 Å². The van der Waals surface area contributed by atoms with E-state index in [2.05, 4.69) is 22.3 Å². The third-order valence-corrected chi connectivity index (χ3v) is 6.39. The number of hydrogen-bond acceptors (Lipinski definition) is 2. The van der Waals surface area contributed by atoms with E-state index in [4.69, 9.17) is 4.74 Å². The zero-order chi connectivity index (χ0) is 19.1. The minimum absolute atomic E-state index is 0.0885. The number of nitrogens with one attached hydrogen (secondary N) is 1. The van der Waals surface area contributed by atoms with Gasteiger partial charge in [-0.2, -0.15) is 0 Å². The molecule has 2 aliphatic rings. The quantitative estimate of drug-likeness (QED) is 0.604. The van der Waals surface area contributed by atoms with Gasteiger partial charge >= 0.3 is 0 Å². The SMILES string of the molecule is CN=C(NCC1(c2ccc(F)cc2)CCCC1)N(C)CCC1CCOCC1. The molecule has 0 aromatic heterocycles. The molecule has 1 aliphatic heterocycles. The number of ether oxygens (including phenoxy) is 1. The van der Waals surface area contributed by atoms with E-state index >= 15 is 0 Å². The molecule has 0 unspecified atom stereocenters. The lowest BCUT2D eigenvalue weighted by atomic mass is 9.79. The van der Waals surface area contributed by atoms with Crippen molar-refractivity contribution < 1.29 is 9.13 Å². The second-order valence-corrected chi connectivity index (χ2v) is 8.16. The van der Waals surface area contributed by atoms with Gasteiger partial charge < -0.3 is 15.0 Å². The maximum atomic E-state index is 13.4. The molecule has 4 nitrogen and oxygen atoms in total. The van der Waals surface area contributed by atoms with Crippen LogP contribution in [0.1, 0.15) is 50.5 Å². The highest BCUT2D eigenvalue weighted by atomic mass is 19.1. The standard InChI is InChI=1S/C22H34FN3O/c1-24-21(26(2)14-9-18-10-15-27-16-11-18)25-17-22(12-3-4-13-22)19-5-7-20(23)8-6-19/h5-8,18H,3-4,9-17H2,1-2H3,(H,24,25). The maximum Gasteiger partial charge on any atom is 0.193 e. The minimum Gasteiger partial charge on any atom is -0.381 e. The molecule has 1 N–H and O–H groups in total. The van der Waals surface area contributed by atoms with Gasteiger partial charge in [-0.1, -0.05) is 25.0 Å². The molecule has 1 heterocycles. The number of aliphatic imine (C=N–C) groups is 1. The molecule has 0 bridgehead atoms. The summed E-state index contributed by atoms with van der Waals surface area (Å²) >= 11 is 0. The zero-order valence-electron chi connectivity index (χ0n) is 16.8. The number of nitrogens with zero attached hydrogens (tertiary/aromatic N) is 2. The van der Waals surface area contributed by atoms with Crippen molar-refractivity contribution in [3.63, 3.8) is 0 Å². The molecular weight excluding hydrogens is 341 g/mol. The predicted molar refractivity (Wildman–Crippen MR) is 109 cm³/mol. The molecule has 5 heteroatoms. The van der Waals surface area contributed by atoms with E-state index < -0.39 is 0 Å². The fourth-order valence-corrected chi connectivity index (χ4v) is 4.57. The maximum absolute atomic E-state index is 13.4. The topological polar surface area (TPSA) is 36.9 Å². The van der Waals surface area contributed by atoms with Gasteiger partial charge in [-0.15, -0.1) is 0 Å². The summed E-state index contributed by atoms with van der Waals surface area (Å²) in [6.07, 6.45) is 8.29. The van der Waals surface area contributed by atoms with E-state index in [1.807, 2.05) is 19.2 Å². The van der Waals surface area contributed by atoms with E-state index in [9.17, 15) is 4.39 Å². The second kappa shape index (κ2) is 9.54. The molecular formula is C22H34FN3O. The largest absolute Gasteiger partial charge is 0.381 e. The van der Waals surface area contributed by atoms with Crippen molar-refractivity contribution >= 4 is 5.96 Å². The monoisotopic (exact) mass is 375 g/mol. The first kappa shape index (κ1) is 20.1. The molecule has 1 aromatic rings. The Morgan fingerprint density at radius 1 is 1.22 bits per heavy atom. The Morgan fingerprint density at radius 2 is 1.89 bits per heavy atom. The number of guanidine groups is 1. The molecule has 1 aliphatic carbocycles. The van der Waals surface area contributed by atoms with E-state index in [1.165, 1.54) is 37.7 Å². The Hall–Kier alpha value is -1.62. The van der Waals surface area contributed by atoms with Crippen molar-refractivity contribution in [1.82, 2.24) is 10.2 Å². The summed E-state index contributed by atoms with van der Waals surface area (Å²) in [5.74, 6) is 1.55. The highest BCUT2D eigenvalue weighted by molar-refractivity contribution is 5.79. The van der Waals surface area contributed by atoms with Crippen molar-refractivity contribution in [2.75, 3.05) is 40.4 Å². The van der Waals surface area contributed by atoms with E-state index in [1.54, 1.807) is 12.1 Å². The molecule has 0 atom stereocenters. The third kappa shape index (κ3) is 5.22. The Kier molecular flexibility index (Phi) is 7.11. The Balaban J connectivity index is 1.57. The van der Waals surface area contributed by atoms with Gasteiger partial charge in [0.25, 0.3) is 0 Å². The lowest BCUT2D eigenvalue weighted by Gasteiger charge is -2.33. The summed E-state index contributed by atoms with van der Waals surface area (Å²) in [4.78, 5) is 6.74. The van der Waals surface area contributed by atoms with Crippen LogP contribution in [0.3, 0.4) is 0 Å². The third-order valence-electron chi connectivity index (χ3n) is 6.39. The summed E-state index contributed by atoms with van der Waals surface area (Å²) in [7, 11) is 3.97. The van der Waals surface area contributed by atoms with Crippen LogP contribution >= 0.6 is 0 Å². The summed E-state index contributed by atoms with van der Waals surface area (Å²) < 4.78 is 18.8. The van der Waals surface area contributed by atoms with E-state index in [0.29, 0.717) is 0 Å². The van der Waals surface area contributed by atoms with Crippen LogP contribution in [0.4, 0.5) is 4.39 Å². The molecule has 2 fully saturated rings. The zero-order valence-corrected chi connectivity index (χ0v) is 16.8. The van der Waals surface area contributed by atoms with Gasteiger partial charge in [0.2, 0.25) is 0 Å². The van der Waals surface area contributed by atoms with Crippen molar-refractivity contribution in [1.29, 1.82) is 0 Å². The van der Waals surface area contributed by atoms with Crippen molar-refractivity contribution in [3.8, 4) is 0 Å². The van der Waals surface area contributed by atoms with Crippen molar-refractivity contribution in [3.05, 3.63) is 35.6 Å². The average molecular weight is 376 g/mol. The lowest BCUT2D eigenvalue weighted by Crippen LogP contribution is -2.46. The fourth-order valence-electron chi connectivity index (χ4n) is 4.57. The van der Waals surface area contributed by atoms with Crippen LogP contribution in [-0.2, 0) is 10.2 Å². The first-order chi connectivity index (χ1) is 13.1. The molecule has 0 spiro atoms. The summed E-state index contributed by atoms with van der Waals surface area (Å²) in [5.41, 5.74) is 1.33. The summed E-state index contributed by atoms with van der Waals surface area (Å²) in [6.45, 7) is 3.67. The molecule has 0 amide bonds. The molecule has 1 saturated carbocycles.